The molecular formula is C35H34N4O6S. The summed E-state index contributed by atoms with van der Waals surface area (Å²) in [5, 5.41) is 17.2. The second-order valence-corrected chi connectivity index (χ2v) is 13.3. The van der Waals surface area contributed by atoms with Gasteiger partial charge in [0.15, 0.2) is 0 Å². The number of nitrogens with one attached hydrogen (secondary N) is 2. The van der Waals surface area contributed by atoms with Crippen molar-refractivity contribution >= 4 is 27.8 Å². The predicted octanol–water partition coefficient (Wildman–Crippen LogP) is 6.53. The van der Waals surface area contributed by atoms with Crippen molar-refractivity contribution in [2.75, 3.05) is 5.32 Å². The Morgan fingerprint density at radius 1 is 0.826 bits per heavy atom. The molecule has 0 aliphatic carbocycles. The van der Waals surface area contributed by atoms with Crippen LogP contribution in [0.4, 0.5) is 10.5 Å². The number of nitrogens with zero attached hydrogens (tertiary/aromatic N) is 2. The van der Waals surface area contributed by atoms with E-state index in [1.165, 1.54) is 12.1 Å². The second-order valence-electron chi connectivity index (χ2n) is 11.6. The molecule has 0 aliphatic rings. The summed E-state index contributed by atoms with van der Waals surface area (Å²) in [4.78, 5) is 24.0. The molecule has 0 radical (unpaired) electrons. The predicted molar refractivity (Wildman–Crippen MR) is 176 cm³/mol. The van der Waals surface area contributed by atoms with Crippen LogP contribution in [0.2, 0.25) is 0 Å². The molecule has 1 heterocycles. The van der Waals surface area contributed by atoms with Crippen LogP contribution < -0.4 is 10.0 Å². The van der Waals surface area contributed by atoms with E-state index in [1.807, 2.05) is 60.7 Å². The first kappa shape index (κ1) is 32.1. The van der Waals surface area contributed by atoms with Crippen molar-refractivity contribution in [3.63, 3.8) is 0 Å². The molecule has 0 aliphatic heterocycles. The number of carbonyl (C=O) groups is 2. The Hall–Kier alpha value is -5.26. The highest BCUT2D eigenvalue weighted by atomic mass is 32.2. The Morgan fingerprint density at radius 2 is 1.43 bits per heavy atom. The van der Waals surface area contributed by atoms with Gasteiger partial charge in [-0.3, -0.25) is 10.1 Å². The van der Waals surface area contributed by atoms with Gasteiger partial charge in [0.1, 0.15) is 11.6 Å². The first-order valence-electron chi connectivity index (χ1n) is 14.5. The van der Waals surface area contributed by atoms with E-state index in [9.17, 15) is 23.1 Å². The summed E-state index contributed by atoms with van der Waals surface area (Å²) < 4.78 is 35.4. The molecule has 46 heavy (non-hydrogen) atoms. The highest BCUT2D eigenvalue weighted by Gasteiger charge is 2.26. The smallest absolute Gasteiger partial charge is 0.412 e. The molecule has 3 N–H and O–H groups in total. The zero-order valence-corrected chi connectivity index (χ0v) is 26.4. The van der Waals surface area contributed by atoms with Crippen molar-refractivity contribution < 1.29 is 27.9 Å². The molecule has 0 fully saturated rings. The molecular weight excluding hydrogens is 604 g/mol. The van der Waals surface area contributed by atoms with Gasteiger partial charge in [0.25, 0.3) is 0 Å². The number of aromatic nitrogens is 2. The van der Waals surface area contributed by atoms with Crippen LogP contribution in [0, 0.1) is 0 Å². The minimum atomic E-state index is -4.09. The molecule has 0 saturated heterocycles. The molecule has 5 aromatic rings. The van der Waals surface area contributed by atoms with Gasteiger partial charge >= 0.3 is 12.1 Å². The van der Waals surface area contributed by atoms with Crippen molar-refractivity contribution in [1.82, 2.24) is 14.5 Å². The number of ether oxygens (including phenoxy) is 1. The first-order chi connectivity index (χ1) is 21.9. The van der Waals surface area contributed by atoms with E-state index in [0.29, 0.717) is 16.9 Å². The quantitative estimate of drug-likeness (QED) is 0.158. The lowest BCUT2D eigenvalue weighted by atomic mass is 10.0. The normalized spacial score (nSPS) is 12.3. The molecule has 0 saturated carbocycles. The van der Waals surface area contributed by atoms with Crippen molar-refractivity contribution in [1.29, 1.82) is 0 Å². The Bertz CT molecular complexity index is 1910. The third-order valence-electron chi connectivity index (χ3n) is 6.92. The lowest BCUT2D eigenvalue weighted by molar-refractivity contribution is -0.138. The maximum Gasteiger partial charge on any atom is 0.412 e. The van der Waals surface area contributed by atoms with Crippen LogP contribution in [0.3, 0.4) is 0 Å². The molecule has 4 aromatic carbocycles. The number of carboxylic acids is 1. The van der Waals surface area contributed by atoms with Crippen LogP contribution >= 0.6 is 0 Å². The molecule has 10 nitrogen and oxygen atoms in total. The van der Waals surface area contributed by atoms with Crippen LogP contribution in [0.1, 0.15) is 26.3 Å². The zero-order chi connectivity index (χ0) is 32.9. The fourth-order valence-electron chi connectivity index (χ4n) is 4.68. The van der Waals surface area contributed by atoms with Gasteiger partial charge in [0, 0.05) is 17.4 Å². The Labute approximate surface area is 267 Å². The minimum Gasteiger partial charge on any atom is -0.480 e. The van der Waals surface area contributed by atoms with E-state index in [4.69, 9.17) is 4.74 Å². The van der Waals surface area contributed by atoms with Crippen molar-refractivity contribution in [3.05, 3.63) is 121 Å². The number of sulfonamides is 1. The largest absolute Gasteiger partial charge is 0.480 e. The zero-order valence-electron chi connectivity index (χ0n) is 25.5. The SMILES string of the molecule is CC(C)(C)OC(=O)Nc1ccc(-n2ccc(-c3ccc(CC(NS(=O)(=O)c4ccc(-c5ccccc5)cc4)C(=O)O)cc3)n2)cc1. The van der Waals surface area contributed by atoms with Gasteiger partial charge in [-0.05, 0) is 86.3 Å². The maximum atomic E-state index is 13.0. The van der Waals surface area contributed by atoms with E-state index in [2.05, 4.69) is 15.1 Å². The summed E-state index contributed by atoms with van der Waals surface area (Å²) >= 11 is 0. The molecule has 1 aromatic heterocycles. The average molecular weight is 639 g/mol. The monoisotopic (exact) mass is 638 g/mol. The van der Waals surface area contributed by atoms with Gasteiger partial charge < -0.3 is 9.84 Å². The standard InChI is InChI=1S/C35H34N4O6S/c1-35(2,3)45-34(42)36-28-15-17-29(18-16-28)39-22-21-31(37-39)27-11-9-24(10-12-27)23-32(33(40)41)38-46(43,44)30-19-13-26(14-20-30)25-7-5-4-6-8-25/h4-22,32,38H,23H2,1-3H3,(H,36,42)(H,40,41). The molecule has 0 bridgehead atoms. The Balaban J connectivity index is 1.22. The van der Waals surface area contributed by atoms with E-state index < -0.39 is 33.7 Å². The molecule has 1 amide bonds. The lowest BCUT2D eigenvalue weighted by Crippen LogP contribution is -2.42. The van der Waals surface area contributed by atoms with Gasteiger partial charge in [-0.2, -0.15) is 9.82 Å². The summed E-state index contributed by atoms with van der Waals surface area (Å²) in [5.41, 5.74) is 4.71. The van der Waals surface area contributed by atoms with Crippen LogP contribution in [0.5, 0.6) is 0 Å². The lowest BCUT2D eigenvalue weighted by Gasteiger charge is -2.19. The number of hydrogen-bond acceptors (Lipinski definition) is 6. The van der Waals surface area contributed by atoms with Crippen LogP contribution in [0.15, 0.2) is 120 Å². The minimum absolute atomic E-state index is 0.0155. The second kappa shape index (κ2) is 13.4. The fraction of sp³-hybridized carbons (Fsp3) is 0.171. The van der Waals surface area contributed by atoms with E-state index in [-0.39, 0.29) is 11.3 Å². The number of carboxylic acid groups (broad SMARTS) is 1. The number of carbonyl (C=O) groups excluding carboxylic acids is 1. The summed E-state index contributed by atoms with van der Waals surface area (Å²) in [6, 6.07) is 30.6. The number of anilines is 1. The molecule has 1 unspecified atom stereocenters. The first-order valence-corrected chi connectivity index (χ1v) is 16.0. The highest BCUT2D eigenvalue weighted by Crippen LogP contribution is 2.23. The summed E-state index contributed by atoms with van der Waals surface area (Å²) in [6.07, 6.45) is 1.22. The van der Waals surface area contributed by atoms with Gasteiger partial charge in [-0.1, -0.05) is 66.7 Å². The van der Waals surface area contributed by atoms with Crippen molar-refractivity contribution in [2.45, 2.75) is 43.7 Å². The van der Waals surface area contributed by atoms with Gasteiger partial charge in [-0.15, -0.1) is 0 Å². The number of hydrogen-bond donors (Lipinski definition) is 3. The van der Waals surface area contributed by atoms with Crippen molar-refractivity contribution in [2.24, 2.45) is 0 Å². The third-order valence-corrected chi connectivity index (χ3v) is 8.41. The van der Waals surface area contributed by atoms with Gasteiger partial charge in [0.05, 0.1) is 16.3 Å². The highest BCUT2D eigenvalue weighted by molar-refractivity contribution is 7.89. The summed E-state index contributed by atoms with van der Waals surface area (Å²) in [5.74, 6) is -1.28. The van der Waals surface area contributed by atoms with Crippen LogP contribution in [-0.2, 0) is 26.0 Å². The topological polar surface area (TPSA) is 140 Å². The fourth-order valence-corrected chi connectivity index (χ4v) is 5.87. The Morgan fingerprint density at radius 3 is 2.04 bits per heavy atom. The number of rotatable bonds is 10. The average Bonchev–Trinajstić information content (AvgIpc) is 3.51. The molecule has 0 spiro atoms. The summed E-state index contributed by atoms with van der Waals surface area (Å²) in [6.45, 7) is 5.39. The van der Waals surface area contributed by atoms with Gasteiger partial charge in [0.2, 0.25) is 10.0 Å². The number of aliphatic carboxylic acids is 1. The van der Waals surface area contributed by atoms with Gasteiger partial charge in [-0.25, -0.2) is 17.9 Å². The molecule has 1 atom stereocenters. The molecule has 5 rings (SSSR count). The maximum absolute atomic E-state index is 13.0. The Kier molecular flexibility index (Phi) is 9.36. The summed E-state index contributed by atoms with van der Waals surface area (Å²) in [7, 11) is -4.09. The number of amides is 1. The van der Waals surface area contributed by atoms with Crippen LogP contribution in [0.25, 0.3) is 28.1 Å². The number of benzene rings is 4. The molecule has 11 heteroatoms. The van der Waals surface area contributed by atoms with E-state index in [1.54, 1.807) is 68.0 Å². The van der Waals surface area contributed by atoms with E-state index in [0.717, 1.165) is 22.4 Å². The van der Waals surface area contributed by atoms with Crippen molar-refractivity contribution in [3.8, 4) is 28.1 Å². The van der Waals surface area contributed by atoms with Crippen LogP contribution in [-0.4, -0.2) is 47.0 Å². The third kappa shape index (κ3) is 8.26. The van der Waals surface area contributed by atoms with E-state index >= 15 is 0 Å². The molecule has 236 valence electrons.